The van der Waals surface area contributed by atoms with Crippen molar-refractivity contribution in [3.8, 4) is 12.3 Å². The highest BCUT2D eigenvalue weighted by molar-refractivity contribution is 9.10. The fraction of sp³-hybridized carbons (Fsp3) is 0.0833. The summed E-state index contributed by atoms with van der Waals surface area (Å²) in [6.07, 6.45) is 8.09. The van der Waals surface area contributed by atoms with Crippen molar-refractivity contribution in [1.82, 2.24) is 0 Å². The predicted molar refractivity (Wildman–Crippen MR) is 62.4 cm³/mol. The van der Waals surface area contributed by atoms with E-state index in [2.05, 4.69) is 21.9 Å². The van der Waals surface area contributed by atoms with E-state index in [9.17, 15) is 4.79 Å². The van der Waals surface area contributed by atoms with Crippen molar-refractivity contribution >= 4 is 21.9 Å². The second kappa shape index (κ2) is 6.05. The molecule has 3 heteroatoms. The van der Waals surface area contributed by atoms with Crippen LogP contribution in [0.1, 0.15) is 10.4 Å². The van der Waals surface area contributed by atoms with E-state index >= 15 is 0 Å². The quantitative estimate of drug-likeness (QED) is 0.620. The number of esters is 1. The van der Waals surface area contributed by atoms with Gasteiger partial charge in [-0.3, -0.25) is 0 Å². The van der Waals surface area contributed by atoms with Gasteiger partial charge in [0.1, 0.15) is 6.61 Å². The first-order valence-corrected chi connectivity index (χ1v) is 5.07. The van der Waals surface area contributed by atoms with Crippen LogP contribution >= 0.6 is 15.9 Å². The fourth-order valence-corrected chi connectivity index (χ4v) is 1.34. The highest BCUT2D eigenvalue weighted by atomic mass is 79.9. The lowest BCUT2D eigenvalue weighted by Crippen LogP contribution is -2.04. The molecule has 15 heavy (non-hydrogen) atoms. The van der Waals surface area contributed by atoms with Crippen molar-refractivity contribution in [2.24, 2.45) is 0 Å². The Morgan fingerprint density at radius 3 is 3.07 bits per heavy atom. The summed E-state index contributed by atoms with van der Waals surface area (Å²) in [6.45, 7) is 0.190. The summed E-state index contributed by atoms with van der Waals surface area (Å²) in [5, 5.41) is 0. The van der Waals surface area contributed by atoms with Gasteiger partial charge >= 0.3 is 5.97 Å². The lowest BCUT2D eigenvalue weighted by molar-refractivity contribution is 0.0549. The van der Waals surface area contributed by atoms with Gasteiger partial charge in [0.2, 0.25) is 0 Å². The molecule has 0 saturated carbocycles. The van der Waals surface area contributed by atoms with Gasteiger partial charge in [-0.05, 0) is 30.4 Å². The number of halogens is 1. The third-order valence-corrected chi connectivity index (χ3v) is 2.08. The summed E-state index contributed by atoms with van der Waals surface area (Å²) in [6, 6.07) is 7.01. The fourth-order valence-electron chi connectivity index (χ4n) is 0.939. The van der Waals surface area contributed by atoms with Gasteiger partial charge in [-0.1, -0.05) is 27.9 Å². The van der Waals surface area contributed by atoms with Crippen LogP contribution in [-0.4, -0.2) is 12.6 Å². The summed E-state index contributed by atoms with van der Waals surface area (Å²) < 4.78 is 5.79. The van der Waals surface area contributed by atoms with Gasteiger partial charge in [0, 0.05) is 4.47 Å². The molecule has 1 aromatic carbocycles. The zero-order valence-corrected chi connectivity index (χ0v) is 9.53. The molecule has 0 atom stereocenters. The van der Waals surface area contributed by atoms with Crippen molar-refractivity contribution in [3.05, 3.63) is 46.5 Å². The van der Waals surface area contributed by atoms with E-state index in [0.717, 1.165) is 4.47 Å². The van der Waals surface area contributed by atoms with Crippen LogP contribution in [-0.2, 0) is 4.74 Å². The molecule has 0 spiro atoms. The lowest BCUT2D eigenvalue weighted by Gasteiger charge is -2.01. The second-order valence-electron chi connectivity index (χ2n) is 2.68. The second-order valence-corrected chi connectivity index (χ2v) is 3.59. The summed E-state index contributed by atoms with van der Waals surface area (Å²) in [7, 11) is 0. The smallest absolute Gasteiger partial charge is 0.338 e. The third kappa shape index (κ3) is 4.01. The number of carbonyl (C=O) groups is 1. The van der Waals surface area contributed by atoms with E-state index in [-0.39, 0.29) is 12.6 Å². The van der Waals surface area contributed by atoms with E-state index < -0.39 is 0 Å². The molecule has 0 amide bonds. The van der Waals surface area contributed by atoms with E-state index in [4.69, 9.17) is 11.2 Å². The number of terminal acetylenes is 1. The molecule has 0 fully saturated rings. The van der Waals surface area contributed by atoms with Crippen LogP contribution in [0.15, 0.2) is 40.9 Å². The van der Waals surface area contributed by atoms with Gasteiger partial charge in [-0.2, -0.15) is 0 Å². The molecule has 0 heterocycles. The Labute approximate surface area is 97.1 Å². The summed E-state index contributed by atoms with van der Waals surface area (Å²) in [4.78, 5) is 11.4. The van der Waals surface area contributed by atoms with Crippen molar-refractivity contribution in [2.45, 2.75) is 0 Å². The van der Waals surface area contributed by atoms with Gasteiger partial charge < -0.3 is 4.74 Å². The Morgan fingerprint density at radius 2 is 2.40 bits per heavy atom. The maximum Gasteiger partial charge on any atom is 0.338 e. The molecule has 0 aliphatic heterocycles. The van der Waals surface area contributed by atoms with Gasteiger partial charge in [-0.15, -0.1) is 6.42 Å². The zero-order chi connectivity index (χ0) is 11.1. The highest BCUT2D eigenvalue weighted by Crippen LogP contribution is 2.12. The monoisotopic (exact) mass is 264 g/mol. The molecular weight excluding hydrogens is 256 g/mol. The Hall–Kier alpha value is -1.53. The Kier molecular flexibility index (Phi) is 4.65. The molecule has 0 aliphatic carbocycles. The maximum absolute atomic E-state index is 11.4. The van der Waals surface area contributed by atoms with Crippen LogP contribution in [0.25, 0.3) is 0 Å². The van der Waals surface area contributed by atoms with Crippen molar-refractivity contribution < 1.29 is 9.53 Å². The third-order valence-electron chi connectivity index (χ3n) is 1.59. The molecular formula is C12H9BrO2. The number of benzene rings is 1. The topological polar surface area (TPSA) is 26.3 Å². The molecule has 1 aromatic rings. The van der Waals surface area contributed by atoms with Gasteiger partial charge in [0.05, 0.1) is 5.56 Å². The Bertz CT molecular complexity index is 416. The number of rotatable bonds is 3. The molecule has 0 radical (unpaired) electrons. The Balaban J connectivity index is 2.55. The van der Waals surface area contributed by atoms with E-state index in [1.807, 2.05) is 6.07 Å². The number of allylic oxidation sites excluding steroid dienone is 1. The van der Waals surface area contributed by atoms with Crippen LogP contribution in [0.5, 0.6) is 0 Å². The standard InChI is InChI=1S/C12H9BrO2/c1-2-3-4-8-15-12(14)10-6-5-7-11(13)9-10/h1,3-7,9H,8H2. The molecule has 0 N–H and O–H groups in total. The molecule has 0 aromatic heterocycles. The first-order valence-electron chi connectivity index (χ1n) is 4.28. The highest BCUT2D eigenvalue weighted by Gasteiger charge is 2.05. The molecule has 0 bridgehead atoms. The number of hydrogen-bond donors (Lipinski definition) is 0. The molecule has 0 saturated heterocycles. The normalized spacial score (nSPS) is 9.87. The molecule has 0 aliphatic rings. The summed E-state index contributed by atoms with van der Waals surface area (Å²) in [5.74, 6) is 1.95. The molecule has 2 nitrogen and oxygen atoms in total. The van der Waals surface area contributed by atoms with Crippen molar-refractivity contribution in [2.75, 3.05) is 6.61 Å². The average molecular weight is 265 g/mol. The van der Waals surface area contributed by atoms with Gasteiger partial charge in [-0.25, -0.2) is 4.79 Å². The first kappa shape index (κ1) is 11.5. The van der Waals surface area contributed by atoms with E-state index in [0.29, 0.717) is 5.56 Å². The maximum atomic E-state index is 11.4. The minimum atomic E-state index is -0.363. The van der Waals surface area contributed by atoms with Crippen LogP contribution in [0, 0.1) is 12.3 Å². The van der Waals surface area contributed by atoms with E-state index in [1.165, 1.54) is 6.08 Å². The summed E-state index contributed by atoms with van der Waals surface area (Å²) in [5.41, 5.74) is 0.512. The first-order chi connectivity index (χ1) is 7.24. The Morgan fingerprint density at radius 1 is 1.60 bits per heavy atom. The SMILES string of the molecule is C#CC=CCOC(=O)c1cccc(Br)c1. The zero-order valence-electron chi connectivity index (χ0n) is 7.94. The number of ether oxygens (including phenoxy) is 1. The van der Waals surface area contributed by atoms with Gasteiger partial charge in [0.25, 0.3) is 0 Å². The van der Waals surface area contributed by atoms with Gasteiger partial charge in [0.15, 0.2) is 0 Å². The van der Waals surface area contributed by atoms with Crippen molar-refractivity contribution in [3.63, 3.8) is 0 Å². The molecule has 0 unspecified atom stereocenters. The van der Waals surface area contributed by atoms with Crippen LogP contribution in [0.3, 0.4) is 0 Å². The number of hydrogen-bond acceptors (Lipinski definition) is 2. The number of carbonyl (C=O) groups excluding carboxylic acids is 1. The van der Waals surface area contributed by atoms with Crippen LogP contribution < -0.4 is 0 Å². The van der Waals surface area contributed by atoms with Crippen LogP contribution in [0.4, 0.5) is 0 Å². The van der Waals surface area contributed by atoms with Crippen LogP contribution in [0.2, 0.25) is 0 Å². The lowest BCUT2D eigenvalue weighted by atomic mass is 10.2. The predicted octanol–water partition coefficient (Wildman–Crippen LogP) is 2.80. The summed E-state index contributed by atoms with van der Waals surface area (Å²) >= 11 is 3.28. The molecule has 76 valence electrons. The minimum absolute atomic E-state index is 0.190. The minimum Gasteiger partial charge on any atom is -0.458 e. The molecule has 1 rings (SSSR count). The largest absolute Gasteiger partial charge is 0.458 e. The van der Waals surface area contributed by atoms with Crippen molar-refractivity contribution in [1.29, 1.82) is 0 Å². The average Bonchev–Trinajstić information content (AvgIpc) is 2.24. The van der Waals surface area contributed by atoms with E-state index in [1.54, 1.807) is 24.3 Å².